The van der Waals surface area contributed by atoms with Crippen molar-refractivity contribution >= 4 is 21.6 Å². The molecule has 2 rings (SSSR count). The Kier molecular flexibility index (Phi) is 5.07. The minimum absolute atomic E-state index is 0.715. The molecule has 1 aliphatic heterocycles. The maximum absolute atomic E-state index is 5.60. The summed E-state index contributed by atoms with van der Waals surface area (Å²) in [5.41, 5.74) is 8.26. The molecule has 1 unspecified atom stereocenters. The van der Waals surface area contributed by atoms with Crippen LogP contribution in [0.4, 0.5) is 5.69 Å². The average Bonchev–Trinajstić information content (AvgIpc) is 2.55. The van der Waals surface area contributed by atoms with Gasteiger partial charge in [-0.25, -0.2) is 0 Å². The summed E-state index contributed by atoms with van der Waals surface area (Å²) >= 11 is 3.71. The molecule has 100 valence electrons. The van der Waals surface area contributed by atoms with Crippen molar-refractivity contribution in [2.45, 2.75) is 32.6 Å². The van der Waals surface area contributed by atoms with E-state index in [2.05, 4.69) is 46.0 Å². The summed E-state index contributed by atoms with van der Waals surface area (Å²) in [5, 5.41) is 0. The maximum atomic E-state index is 5.60. The van der Waals surface area contributed by atoms with Gasteiger partial charge in [0.1, 0.15) is 0 Å². The molecule has 1 atom stereocenters. The van der Waals surface area contributed by atoms with Crippen LogP contribution in [0.15, 0.2) is 22.7 Å². The fourth-order valence-corrected chi connectivity index (χ4v) is 3.31. The van der Waals surface area contributed by atoms with Crippen LogP contribution >= 0.6 is 15.9 Å². The quantitative estimate of drug-likeness (QED) is 0.924. The highest BCUT2D eigenvalue weighted by Crippen LogP contribution is 2.30. The molecule has 0 bridgehead atoms. The molecule has 0 aliphatic carbocycles. The number of anilines is 1. The Morgan fingerprint density at radius 1 is 1.33 bits per heavy atom. The highest BCUT2D eigenvalue weighted by molar-refractivity contribution is 9.10. The van der Waals surface area contributed by atoms with Crippen molar-refractivity contribution in [3.05, 3.63) is 28.2 Å². The van der Waals surface area contributed by atoms with Crippen LogP contribution in [0, 0.1) is 5.92 Å². The molecular formula is C15H23BrN2. The fraction of sp³-hybridized carbons (Fsp3) is 0.600. The van der Waals surface area contributed by atoms with Gasteiger partial charge in [0.2, 0.25) is 0 Å². The summed E-state index contributed by atoms with van der Waals surface area (Å²) in [6.07, 6.45) is 4.92. The first kappa shape index (κ1) is 13.9. The second-order valence-corrected chi connectivity index (χ2v) is 6.20. The summed E-state index contributed by atoms with van der Waals surface area (Å²) in [5.74, 6) is 0.866. The lowest BCUT2D eigenvalue weighted by atomic mass is 10.0. The zero-order valence-electron chi connectivity index (χ0n) is 11.2. The van der Waals surface area contributed by atoms with E-state index in [1.54, 1.807) is 0 Å². The van der Waals surface area contributed by atoms with Crippen LogP contribution in [0.5, 0.6) is 0 Å². The number of hydrogen-bond donors (Lipinski definition) is 1. The molecule has 1 heterocycles. The van der Waals surface area contributed by atoms with Crippen LogP contribution in [0.25, 0.3) is 0 Å². The molecular weight excluding hydrogens is 288 g/mol. The van der Waals surface area contributed by atoms with Gasteiger partial charge in [-0.3, -0.25) is 0 Å². The third-order valence-electron chi connectivity index (χ3n) is 3.80. The second kappa shape index (κ2) is 6.58. The van der Waals surface area contributed by atoms with Gasteiger partial charge in [0, 0.05) is 17.6 Å². The lowest BCUT2D eigenvalue weighted by molar-refractivity contribution is 0.521. The summed E-state index contributed by atoms with van der Waals surface area (Å²) in [6, 6.07) is 6.67. The molecule has 2 N–H and O–H groups in total. The van der Waals surface area contributed by atoms with Gasteiger partial charge >= 0.3 is 0 Å². The van der Waals surface area contributed by atoms with Crippen LogP contribution in [0.1, 0.15) is 31.7 Å². The van der Waals surface area contributed by atoms with Crippen LogP contribution in [0.2, 0.25) is 0 Å². The van der Waals surface area contributed by atoms with Crippen molar-refractivity contribution in [1.82, 2.24) is 0 Å². The molecule has 1 aliphatic rings. The molecule has 1 aromatic rings. The Labute approximate surface area is 119 Å². The zero-order valence-corrected chi connectivity index (χ0v) is 12.7. The molecule has 0 amide bonds. The van der Waals surface area contributed by atoms with E-state index in [1.807, 2.05) is 0 Å². The van der Waals surface area contributed by atoms with Gasteiger partial charge in [-0.15, -0.1) is 0 Å². The van der Waals surface area contributed by atoms with Crippen LogP contribution in [-0.4, -0.2) is 19.6 Å². The normalized spacial score (nSPS) is 20.8. The van der Waals surface area contributed by atoms with Crippen LogP contribution in [-0.2, 0) is 6.42 Å². The minimum atomic E-state index is 0.715. The van der Waals surface area contributed by atoms with Crippen molar-refractivity contribution in [2.24, 2.45) is 11.7 Å². The minimum Gasteiger partial charge on any atom is -0.371 e. The van der Waals surface area contributed by atoms with Crippen molar-refractivity contribution in [3.63, 3.8) is 0 Å². The van der Waals surface area contributed by atoms with Gasteiger partial charge in [-0.2, -0.15) is 0 Å². The summed E-state index contributed by atoms with van der Waals surface area (Å²) < 4.78 is 1.21. The van der Waals surface area contributed by atoms with Crippen molar-refractivity contribution < 1.29 is 0 Å². The van der Waals surface area contributed by atoms with Crippen LogP contribution in [0.3, 0.4) is 0 Å². The van der Waals surface area contributed by atoms with E-state index in [1.165, 1.54) is 48.1 Å². The highest BCUT2D eigenvalue weighted by Gasteiger charge is 2.16. The molecule has 0 radical (unpaired) electrons. The fourth-order valence-electron chi connectivity index (χ4n) is 2.63. The number of nitrogens with two attached hydrogens (primary N) is 1. The van der Waals surface area contributed by atoms with E-state index in [4.69, 9.17) is 5.73 Å². The topological polar surface area (TPSA) is 29.3 Å². The molecule has 1 aromatic carbocycles. The Bertz CT molecular complexity index is 392. The molecule has 1 saturated heterocycles. The summed E-state index contributed by atoms with van der Waals surface area (Å²) in [4.78, 5) is 2.51. The first-order chi connectivity index (χ1) is 8.70. The number of halogens is 1. The van der Waals surface area contributed by atoms with Crippen molar-refractivity contribution in [1.29, 1.82) is 0 Å². The Hall–Kier alpha value is -0.540. The molecule has 2 nitrogen and oxygen atoms in total. The van der Waals surface area contributed by atoms with E-state index < -0.39 is 0 Å². The summed E-state index contributed by atoms with van der Waals surface area (Å²) in [6.45, 7) is 5.44. The Morgan fingerprint density at radius 3 is 2.89 bits per heavy atom. The number of nitrogens with zero attached hydrogens (tertiary/aromatic N) is 1. The predicted octanol–water partition coefficient (Wildman–Crippen LogP) is 3.58. The van der Waals surface area contributed by atoms with E-state index in [0.29, 0.717) is 6.54 Å². The molecule has 0 spiro atoms. The monoisotopic (exact) mass is 310 g/mol. The third kappa shape index (κ3) is 3.48. The van der Waals surface area contributed by atoms with Gasteiger partial charge in [-0.1, -0.05) is 13.0 Å². The highest BCUT2D eigenvalue weighted by atomic mass is 79.9. The maximum Gasteiger partial charge on any atom is 0.0510 e. The van der Waals surface area contributed by atoms with E-state index in [-0.39, 0.29) is 0 Å². The molecule has 0 aromatic heterocycles. The van der Waals surface area contributed by atoms with E-state index in [0.717, 1.165) is 12.3 Å². The lowest BCUT2D eigenvalue weighted by Crippen LogP contribution is -2.24. The average molecular weight is 311 g/mol. The van der Waals surface area contributed by atoms with Crippen molar-refractivity contribution in [3.8, 4) is 0 Å². The second-order valence-electron chi connectivity index (χ2n) is 5.35. The third-order valence-corrected chi connectivity index (χ3v) is 4.44. The van der Waals surface area contributed by atoms with Gasteiger partial charge < -0.3 is 10.6 Å². The van der Waals surface area contributed by atoms with Crippen molar-refractivity contribution in [2.75, 3.05) is 24.5 Å². The number of rotatable bonds is 3. The molecule has 3 heteroatoms. The smallest absolute Gasteiger partial charge is 0.0510 e. The largest absolute Gasteiger partial charge is 0.371 e. The van der Waals surface area contributed by atoms with Gasteiger partial charge in [-0.05, 0) is 71.8 Å². The molecule has 18 heavy (non-hydrogen) atoms. The number of benzene rings is 1. The summed E-state index contributed by atoms with van der Waals surface area (Å²) in [7, 11) is 0. The van der Waals surface area contributed by atoms with Gasteiger partial charge in [0.05, 0.1) is 5.69 Å². The zero-order chi connectivity index (χ0) is 13.0. The Morgan fingerprint density at radius 2 is 2.17 bits per heavy atom. The first-order valence-electron chi connectivity index (χ1n) is 6.94. The van der Waals surface area contributed by atoms with Gasteiger partial charge in [0.15, 0.2) is 0 Å². The van der Waals surface area contributed by atoms with Gasteiger partial charge in [0.25, 0.3) is 0 Å². The Balaban J connectivity index is 2.12. The standard InChI is InChI=1S/C15H23BrN2/c1-12-3-2-9-18(10-7-12)15-5-4-13(6-8-17)11-14(15)16/h4-5,11-12H,2-3,6-10,17H2,1H3. The molecule has 0 saturated carbocycles. The lowest BCUT2D eigenvalue weighted by Gasteiger charge is -2.24. The van der Waals surface area contributed by atoms with E-state index >= 15 is 0 Å². The first-order valence-corrected chi connectivity index (χ1v) is 7.73. The molecule has 1 fully saturated rings. The number of hydrogen-bond acceptors (Lipinski definition) is 2. The van der Waals surface area contributed by atoms with Crippen LogP contribution < -0.4 is 10.6 Å². The SMILES string of the molecule is CC1CCCN(c2ccc(CCN)cc2Br)CC1. The van der Waals surface area contributed by atoms with E-state index in [9.17, 15) is 0 Å². The predicted molar refractivity (Wildman–Crippen MR) is 82.1 cm³/mol.